The first-order valence-electron chi connectivity index (χ1n) is 9.74. The molecule has 32 heavy (non-hydrogen) atoms. The maximum absolute atomic E-state index is 13.6. The molecule has 176 valence electrons. The van der Waals surface area contributed by atoms with E-state index in [0.29, 0.717) is 5.57 Å². The van der Waals surface area contributed by atoms with Gasteiger partial charge in [-0.2, -0.15) is 13.2 Å². The van der Waals surface area contributed by atoms with Gasteiger partial charge < -0.3 is 5.32 Å². The van der Waals surface area contributed by atoms with E-state index < -0.39 is 29.8 Å². The summed E-state index contributed by atoms with van der Waals surface area (Å²) in [5, 5.41) is 2.93. The van der Waals surface area contributed by atoms with Crippen LogP contribution in [0.2, 0.25) is 10.0 Å². The van der Waals surface area contributed by atoms with Crippen molar-refractivity contribution in [3.8, 4) is 0 Å². The zero-order chi connectivity index (χ0) is 24.1. The van der Waals surface area contributed by atoms with Crippen LogP contribution in [0.25, 0.3) is 0 Å². The number of amidine groups is 1. The summed E-state index contributed by atoms with van der Waals surface area (Å²) in [4.78, 5) is 18.8. The largest absolute Gasteiger partial charge is 0.451 e. The van der Waals surface area contributed by atoms with Gasteiger partial charge in [0.05, 0.1) is 15.6 Å². The molecule has 1 unspecified atom stereocenters. The van der Waals surface area contributed by atoms with Gasteiger partial charge in [-0.05, 0) is 50.1 Å². The van der Waals surface area contributed by atoms with Crippen LogP contribution in [0.15, 0.2) is 40.0 Å². The zero-order valence-corrected chi connectivity index (χ0v) is 18.7. The Labute approximate surface area is 192 Å². The highest BCUT2D eigenvalue weighted by molar-refractivity contribution is 6.43. The van der Waals surface area contributed by atoms with Crippen LogP contribution in [-0.4, -0.2) is 37.1 Å². The lowest BCUT2D eigenvalue weighted by Gasteiger charge is -2.34. The fourth-order valence-electron chi connectivity index (χ4n) is 3.60. The molecule has 1 aromatic carbocycles. The topological polar surface area (TPSA) is 53.8 Å². The number of amides is 1. The van der Waals surface area contributed by atoms with E-state index in [1.165, 1.54) is 19.1 Å². The third-order valence-electron chi connectivity index (χ3n) is 5.39. The number of aliphatic imine (C=N–C) groups is 2. The van der Waals surface area contributed by atoms with Gasteiger partial charge in [-0.15, -0.1) is 0 Å². The Balaban J connectivity index is 2.25. The molecule has 0 bridgehead atoms. The van der Waals surface area contributed by atoms with Gasteiger partial charge in [0, 0.05) is 31.5 Å². The predicted octanol–water partition coefficient (Wildman–Crippen LogP) is 6.73. The van der Waals surface area contributed by atoms with Gasteiger partial charge in [0.2, 0.25) is 11.8 Å². The van der Waals surface area contributed by atoms with Crippen molar-refractivity contribution in [3.63, 3.8) is 0 Å². The van der Waals surface area contributed by atoms with Crippen molar-refractivity contribution in [1.82, 2.24) is 5.32 Å². The van der Waals surface area contributed by atoms with Crippen LogP contribution in [0.5, 0.6) is 0 Å². The summed E-state index contributed by atoms with van der Waals surface area (Å²) in [7, 11) is 0. The number of carbonyl (C=O) groups is 1. The summed E-state index contributed by atoms with van der Waals surface area (Å²) >= 11 is 12.0. The van der Waals surface area contributed by atoms with Gasteiger partial charge in [-0.1, -0.05) is 29.3 Å². The molecule has 4 nitrogen and oxygen atoms in total. The lowest BCUT2D eigenvalue weighted by Crippen LogP contribution is -2.36. The lowest BCUT2D eigenvalue weighted by atomic mass is 9.76. The molecular formula is C21H22Cl2F5N3O. The van der Waals surface area contributed by atoms with Crippen LogP contribution in [0, 0.1) is 11.8 Å². The summed E-state index contributed by atoms with van der Waals surface area (Å²) < 4.78 is 65.8. The molecule has 0 heterocycles. The van der Waals surface area contributed by atoms with Crippen molar-refractivity contribution in [2.45, 2.75) is 44.7 Å². The van der Waals surface area contributed by atoms with E-state index in [9.17, 15) is 26.7 Å². The second-order valence-corrected chi connectivity index (χ2v) is 8.38. The van der Waals surface area contributed by atoms with Gasteiger partial charge >= 0.3 is 6.18 Å². The smallest absolute Gasteiger partial charge is 0.351 e. The van der Waals surface area contributed by atoms with Crippen molar-refractivity contribution >= 4 is 41.7 Å². The molecule has 0 radical (unpaired) electrons. The first-order valence-corrected chi connectivity index (χ1v) is 10.5. The van der Waals surface area contributed by atoms with Gasteiger partial charge in [-0.25, -0.2) is 18.8 Å². The second-order valence-electron chi connectivity index (χ2n) is 7.59. The molecule has 1 aromatic rings. The monoisotopic (exact) mass is 497 g/mol. The predicted molar refractivity (Wildman–Crippen MR) is 116 cm³/mol. The number of hydrogen-bond donors (Lipinski definition) is 1. The summed E-state index contributed by atoms with van der Waals surface area (Å²) in [6.45, 7) is 4.41. The Morgan fingerprint density at radius 2 is 1.94 bits per heavy atom. The molecule has 1 atom stereocenters. The van der Waals surface area contributed by atoms with Crippen LogP contribution in [0.3, 0.4) is 0 Å². The number of alkyl halides is 5. The molecule has 1 aliphatic carbocycles. The normalized spacial score (nSPS) is 18.9. The molecule has 11 heteroatoms. The zero-order valence-electron chi connectivity index (χ0n) is 17.2. The molecule has 2 rings (SSSR count). The minimum atomic E-state index is -4.78. The Hall–Kier alpha value is -2.00. The average molecular weight is 498 g/mol. The van der Waals surface area contributed by atoms with Crippen molar-refractivity contribution in [2.24, 2.45) is 21.8 Å². The first-order chi connectivity index (χ1) is 14.9. The Morgan fingerprint density at radius 3 is 2.50 bits per heavy atom. The minimum Gasteiger partial charge on any atom is -0.351 e. The fraction of sp³-hybridized carbons (Fsp3) is 0.476. The maximum atomic E-state index is 13.6. The number of hydrogen-bond acceptors (Lipinski definition) is 2. The number of rotatable bonds is 6. The summed E-state index contributed by atoms with van der Waals surface area (Å²) in [6.07, 6.45) is -4.13. The Bertz CT molecular complexity index is 905. The molecule has 0 aromatic heterocycles. The third-order valence-corrected chi connectivity index (χ3v) is 6.21. The summed E-state index contributed by atoms with van der Waals surface area (Å²) in [5.74, 6) is -5.52. The van der Waals surface area contributed by atoms with Crippen molar-refractivity contribution < 1.29 is 26.7 Å². The number of nitrogens with zero attached hydrogens (tertiary/aromatic N) is 2. The quantitative estimate of drug-likeness (QED) is 0.264. The van der Waals surface area contributed by atoms with Crippen LogP contribution in [0.4, 0.5) is 22.0 Å². The molecule has 0 aliphatic heterocycles. The van der Waals surface area contributed by atoms with Gasteiger partial charge in [0.15, 0.2) is 0 Å². The van der Waals surface area contributed by atoms with Crippen LogP contribution >= 0.6 is 23.2 Å². The van der Waals surface area contributed by atoms with E-state index in [1.54, 1.807) is 6.07 Å². The van der Waals surface area contributed by atoms with E-state index in [-0.39, 0.29) is 53.8 Å². The SMILES string of the molecule is C=NC(=N/C=C(\C)C(CNC(=O)c1cccc(Cl)c1Cl)C1CCC(F)(F)CC1)C(F)(F)F. The average Bonchev–Trinajstić information content (AvgIpc) is 2.70. The summed E-state index contributed by atoms with van der Waals surface area (Å²) in [6, 6.07) is 4.53. The number of carbonyl (C=O) groups excluding carboxylic acids is 1. The van der Waals surface area contributed by atoms with Crippen LogP contribution in [-0.2, 0) is 0 Å². The third kappa shape index (κ3) is 7.00. The minimum absolute atomic E-state index is 0.00135. The molecule has 0 saturated heterocycles. The highest BCUT2D eigenvalue weighted by atomic mass is 35.5. The van der Waals surface area contributed by atoms with E-state index in [0.717, 1.165) is 6.20 Å². The lowest BCUT2D eigenvalue weighted by molar-refractivity contribution is -0.0597. The van der Waals surface area contributed by atoms with E-state index in [2.05, 4.69) is 22.0 Å². The van der Waals surface area contributed by atoms with Gasteiger partial charge in [0.25, 0.3) is 5.91 Å². The standard InChI is InChI=1S/C21H22Cl2F5N3O/c1-12(10-31-19(29-2)21(26,27)28)15(13-6-8-20(24,25)9-7-13)11-30-18(32)14-4-3-5-16(22)17(14)23/h3-5,10,13,15H,2,6-9,11H2,1H3,(H,30,32)/b12-10+,31-19?. The van der Waals surface area contributed by atoms with Crippen LogP contribution < -0.4 is 5.32 Å². The molecule has 1 saturated carbocycles. The Kier molecular flexibility index (Phi) is 8.82. The molecule has 1 fully saturated rings. The van der Waals surface area contributed by atoms with Crippen molar-refractivity contribution in [2.75, 3.05) is 6.54 Å². The molecule has 1 N–H and O–H groups in total. The van der Waals surface area contributed by atoms with Crippen LogP contribution in [0.1, 0.15) is 43.0 Å². The van der Waals surface area contributed by atoms with Gasteiger partial charge in [0.1, 0.15) is 0 Å². The van der Waals surface area contributed by atoms with Crippen molar-refractivity contribution in [1.29, 1.82) is 0 Å². The van der Waals surface area contributed by atoms with Crippen molar-refractivity contribution in [3.05, 3.63) is 45.6 Å². The maximum Gasteiger partial charge on any atom is 0.451 e. The molecule has 1 amide bonds. The van der Waals surface area contributed by atoms with Gasteiger partial charge in [-0.3, -0.25) is 4.79 Å². The number of nitrogens with one attached hydrogen (secondary N) is 1. The molecule has 1 aliphatic rings. The van der Waals surface area contributed by atoms with E-state index >= 15 is 0 Å². The highest BCUT2D eigenvalue weighted by Crippen LogP contribution is 2.41. The molecule has 0 spiro atoms. The molecular weight excluding hydrogens is 476 g/mol. The van der Waals surface area contributed by atoms with E-state index in [4.69, 9.17) is 23.2 Å². The fourth-order valence-corrected chi connectivity index (χ4v) is 3.99. The summed E-state index contributed by atoms with van der Waals surface area (Å²) in [5.41, 5.74) is 0.520. The van der Waals surface area contributed by atoms with E-state index in [1.807, 2.05) is 0 Å². The first kappa shape index (κ1) is 26.3. The highest BCUT2D eigenvalue weighted by Gasteiger charge is 2.38. The Morgan fingerprint density at radius 1 is 1.31 bits per heavy atom. The number of benzene rings is 1. The second kappa shape index (κ2) is 10.7. The number of halogens is 7.